The predicted octanol–water partition coefficient (Wildman–Crippen LogP) is 5.73. The van der Waals surface area contributed by atoms with Gasteiger partial charge in [-0.1, -0.05) is 18.5 Å². The number of carbonyl (C=O) groups excluding carboxylic acids is 2. The normalized spacial score (nSPS) is 18.5. The molecule has 0 bridgehead atoms. The molecule has 1 aliphatic rings. The first-order valence-corrected chi connectivity index (χ1v) is 12.0. The van der Waals surface area contributed by atoms with E-state index in [1.807, 2.05) is 6.92 Å². The van der Waals surface area contributed by atoms with Gasteiger partial charge < -0.3 is 13.9 Å². The summed E-state index contributed by atoms with van der Waals surface area (Å²) in [4.78, 5) is 28.4. The van der Waals surface area contributed by atoms with Crippen LogP contribution in [-0.2, 0) is 16.5 Å². The molecular formula is C23H25BrClN3O5. The number of anilines is 1. The van der Waals surface area contributed by atoms with Gasteiger partial charge in [0.15, 0.2) is 5.76 Å². The van der Waals surface area contributed by atoms with Crippen LogP contribution in [0.25, 0.3) is 11.0 Å². The molecule has 0 saturated carbocycles. The highest BCUT2D eigenvalue weighted by Gasteiger charge is 2.37. The SMILES string of the molecule is CCOC(=O)N(c1c(C(=O)c2cnn(C)c2)oc2cc(Cl)c(Br)cc12)[C@H]1CCO[C@@H](CC)C1. The fourth-order valence-electron chi connectivity index (χ4n) is 4.14. The van der Waals surface area contributed by atoms with E-state index < -0.39 is 6.09 Å². The summed E-state index contributed by atoms with van der Waals surface area (Å²) in [6.07, 6.45) is 4.61. The quantitative estimate of drug-likeness (QED) is 0.372. The Morgan fingerprint density at radius 2 is 2.15 bits per heavy atom. The van der Waals surface area contributed by atoms with E-state index >= 15 is 0 Å². The van der Waals surface area contributed by atoms with Crippen molar-refractivity contribution in [1.29, 1.82) is 0 Å². The van der Waals surface area contributed by atoms with Crippen LogP contribution >= 0.6 is 27.5 Å². The van der Waals surface area contributed by atoms with Crippen molar-refractivity contribution in [3.8, 4) is 0 Å². The smallest absolute Gasteiger partial charge is 0.414 e. The van der Waals surface area contributed by atoms with Crippen molar-refractivity contribution >= 4 is 56.1 Å². The van der Waals surface area contributed by atoms with Gasteiger partial charge in [-0.2, -0.15) is 5.10 Å². The molecule has 2 aromatic heterocycles. The first-order valence-electron chi connectivity index (χ1n) is 10.9. The number of carbonyl (C=O) groups is 2. The van der Waals surface area contributed by atoms with E-state index in [4.69, 9.17) is 25.5 Å². The summed E-state index contributed by atoms with van der Waals surface area (Å²) in [7, 11) is 1.73. The van der Waals surface area contributed by atoms with Crippen molar-refractivity contribution in [2.24, 2.45) is 7.05 Å². The van der Waals surface area contributed by atoms with Gasteiger partial charge in [0.2, 0.25) is 5.78 Å². The summed E-state index contributed by atoms with van der Waals surface area (Å²) in [6.45, 7) is 4.51. The number of aromatic nitrogens is 2. The molecular weight excluding hydrogens is 514 g/mol. The summed E-state index contributed by atoms with van der Waals surface area (Å²) >= 11 is 9.75. The van der Waals surface area contributed by atoms with Gasteiger partial charge in [0.1, 0.15) is 11.3 Å². The Morgan fingerprint density at radius 3 is 2.82 bits per heavy atom. The van der Waals surface area contributed by atoms with Crippen molar-refractivity contribution in [3.05, 3.63) is 45.3 Å². The third kappa shape index (κ3) is 4.67. The third-order valence-corrected chi connectivity index (χ3v) is 6.94. The van der Waals surface area contributed by atoms with Crippen LogP contribution in [0.15, 0.2) is 33.4 Å². The zero-order valence-electron chi connectivity index (χ0n) is 18.6. The van der Waals surface area contributed by atoms with Gasteiger partial charge in [0.05, 0.1) is 29.5 Å². The van der Waals surface area contributed by atoms with Crippen LogP contribution in [0.5, 0.6) is 0 Å². The number of aryl methyl sites for hydroxylation is 1. The first-order chi connectivity index (χ1) is 15.8. The summed E-state index contributed by atoms with van der Waals surface area (Å²) < 4.78 is 19.5. The highest BCUT2D eigenvalue weighted by atomic mass is 79.9. The number of benzene rings is 1. The van der Waals surface area contributed by atoms with Crippen molar-refractivity contribution in [1.82, 2.24) is 9.78 Å². The van der Waals surface area contributed by atoms with Gasteiger partial charge in [-0.05, 0) is 48.2 Å². The number of furan rings is 1. The second-order valence-electron chi connectivity index (χ2n) is 7.92. The number of rotatable bonds is 6. The van der Waals surface area contributed by atoms with Crippen LogP contribution in [0.3, 0.4) is 0 Å². The summed E-state index contributed by atoms with van der Waals surface area (Å²) in [6, 6.07) is 3.17. The Balaban J connectivity index is 1.93. The summed E-state index contributed by atoms with van der Waals surface area (Å²) in [5.74, 6) is -0.338. The highest BCUT2D eigenvalue weighted by molar-refractivity contribution is 9.10. The molecule has 176 valence electrons. The number of nitrogens with zero attached hydrogens (tertiary/aromatic N) is 3. The fraction of sp³-hybridized carbons (Fsp3) is 0.435. The molecule has 2 atom stereocenters. The third-order valence-electron chi connectivity index (χ3n) is 5.74. The van der Waals surface area contributed by atoms with Crippen molar-refractivity contribution in [3.63, 3.8) is 0 Å². The van der Waals surface area contributed by atoms with E-state index in [-0.39, 0.29) is 30.3 Å². The van der Waals surface area contributed by atoms with Crippen LogP contribution in [0, 0.1) is 0 Å². The van der Waals surface area contributed by atoms with Crippen LogP contribution in [0.4, 0.5) is 10.5 Å². The minimum Gasteiger partial charge on any atom is -0.450 e. The van der Waals surface area contributed by atoms with Crippen molar-refractivity contribution < 1.29 is 23.5 Å². The van der Waals surface area contributed by atoms with E-state index in [9.17, 15) is 9.59 Å². The van der Waals surface area contributed by atoms with Crippen LogP contribution in [0.2, 0.25) is 5.02 Å². The minimum absolute atomic E-state index is 0.0116. The number of ether oxygens (including phenoxy) is 2. The zero-order chi connectivity index (χ0) is 23.7. The molecule has 3 heterocycles. The maximum absolute atomic E-state index is 13.5. The van der Waals surface area contributed by atoms with E-state index in [2.05, 4.69) is 21.0 Å². The second-order valence-corrected chi connectivity index (χ2v) is 9.18. The molecule has 10 heteroatoms. The van der Waals surface area contributed by atoms with Gasteiger partial charge in [0.25, 0.3) is 0 Å². The molecule has 1 fully saturated rings. The minimum atomic E-state index is -0.534. The van der Waals surface area contributed by atoms with E-state index in [1.165, 1.54) is 10.9 Å². The molecule has 0 radical (unpaired) electrons. The lowest BCUT2D eigenvalue weighted by Gasteiger charge is -2.36. The maximum atomic E-state index is 13.5. The van der Waals surface area contributed by atoms with E-state index in [0.717, 1.165) is 6.42 Å². The van der Waals surface area contributed by atoms with Crippen molar-refractivity contribution in [2.45, 2.75) is 45.3 Å². The molecule has 0 N–H and O–H groups in total. The summed E-state index contributed by atoms with van der Waals surface area (Å²) in [5, 5.41) is 5.12. The van der Waals surface area contributed by atoms with Gasteiger partial charge >= 0.3 is 6.09 Å². The molecule has 1 amide bonds. The standard InChI is InChI=1S/C23H25BrClN3O5/c1-4-15-8-14(6-7-32-15)28(23(30)31-5-2)20-16-9-17(24)18(25)10-19(16)33-22(20)21(29)13-11-26-27(3)12-13/h9-12,14-15H,4-8H2,1-3H3/t14-,15-/m0/s1. The van der Waals surface area contributed by atoms with E-state index in [0.29, 0.717) is 51.2 Å². The average molecular weight is 539 g/mol. The van der Waals surface area contributed by atoms with Crippen LogP contribution < -0.4 is 4.90 Å². The largest absolute Gasteiger partial charge is 0.450 e. The highest BCUT2D eigenvalue weighted by Crippen LogP contribution is 2.42. The van der Waals surface area contributed by atoms with Gasteiger partial charge in [-0.25, -0.2) is 4.79 Å². The van der Waals surface area contributed by atoms with Crippen molar-refractivity contribution in [2.75, 3.05) is 18.1 Å². The lowest BCUT2D eigenvalue weighted by Crippen LogP contribution is -2.46. The average Bonchev–Trinajstić information content (AvgIpc) is 3.38. The number of halogens is 2. The van der Waals surface area contributed by atoms with Gasteiger partial charge in [0, 0.05) is 41.8 Å². The molecule has 33 heavy (non-hydrogen) atoms. The molecule has 1 saturated heterocycles. The van der Waals surface area contributed by atoms with Gasteiger partial charge in [-0.15, -0.1) is 0 Å². The second kappa shape index (κ2) is 9.87. The Bertz CT molecular complexity index is 1190. The Morgan fingerprint density at radius 1 is 1.36 bits per heavy atom. The number of fused-ring (bicyclic) bond motifs is 1. The molecule has 1 aliphatic heterocycles. The number of ketones is 1. The molecule has 0 aliphatic carbocycles. The molecule has 0 spiro atoms. The molecule has 0 unspecified atom stereocenters. The van der Waals surface area contributed by atoms with Gasteiger partial charge in [-0.3, -0.25) is 14.4 Å². The lowest BCUT2D eigenvalue weighted by atomic mass is 9.98. The van der Waals surface area contributed by atoms with Crippen LogP contribution in [0.1, 0.15) is 49.2 Å². The topological polar surface area (TPSA) is 86.8 Å². The van der Waals surface area contributed by atoms with E-state index in [1.54, 1.807) is 37.2 Å². The summed E-state index contributed by atoms with van der Waals surface area (Å²) in [5.41, 5.74) is 1.13. The fourth-order valence-corrected chi connectivity index (χ4v) is 4.63. The zero-order valence-corrected chi connectivity index (χ0v) is 21.0. The monoisotopic (exact) mass is 537 g/mol. The predicted molar refractivity (Wildman–Crippen MR) is 128 cm³/mol. The maximum Gasteiger partial charge on any atom is 0.414 e. The Kier molecular flexibility index (Phi) is 7.11. The molecule has 1 aromatic carbocycles. The number of hydrogen-bond donors (Lipinski definition) is 0. The first kappa shape index (κ1) is 23.8. The molecule has 3 aromatic rings. The molecule has 8 nitrogen and oxygen atoms in total. The number of amides is 1. The Labute approximate surface area is 204 Å². The Hall–Kier alpha value is -2.36. The number of hydrogen-bond acceptors (Lipinski definition) is 6. The molecule has 4 rings (SSSR count). The van der Waals surface area contributed by atoms with Crippen LogP contribution in [-0.4, -0.2) is 47.0 Å². The lowest BCUT2D eigenvalue weighted by molar-refractivity contribution is 0.00468.